The van der Waals surface area contributed by atoms with Gasteiger partial charge in [-0.1, -0.05) is 0 Å². The fraction of sp³-hybridized carbons (Fsp3) is 0.545. The van der Waals surface area contributed by atoms with Crippen molar-refractivity contribution in [3.63, 3.8) is 0 Å². The molecule has 1 N–H and O–H groups in total. The fourth-order valence-electron chi connectivity index (χ4n) is 1.88. The standard InChI is InChI=1S/C11H17N5O/c1-3-15-9(5-6-13-15)10(17)7-11-12-8-14-16(11)4-2/h5-6,8,10,17H,3-4,7H2,1-2H3. The Morgan fingerprint density at radius 3 is 2.71 bits per heavy atom. The maximum absolute atomic E-state index is 10.2. The Labute approximate surface area is 99.9 Å². The molecule has 2 heterocycles. The Morgan fingerprint density at radius 1 is 1.24 bits per heavy atom. The molecule has 0 amide bonds. The van der Waals surface area contributed by atoms with E-state index in [0.29, 0.717) is 6.42 Å². The maximum atomic E-state index is 10.2. The van der Waals surface area contributed by atoms with E-state index in [-0.39, 0.29) is 0 Å². The first kappa shape index (κ1) is 11.8. The SMILES string of the molecule is CCn1nccc1C(O)Cc1ncnn1CC. The van der Waals surface area contributed by atoms with Crippen LogP contribution >= 0.6 is 0 Å². The number of hydrogen-bond donors (Lipinski definition) is 1. The first-order valence-electron chi connectivity index (χ1n) is 5.82. The Kier molecular flexibility index (Phi) is 3.53. The van der Waals surface area contributed by atoms with E-state index in [0.717, 1.165) is 24.6 Å². The molecule has 0 aromatic carbocycles. The highest BCUT2D eigenvalue weighted by Gasteiger charge is 2.16. The zero-order valence-corrected chi connectivity index (χ0v) is 10.1. The average Bonchev–Trinajstić information content (AvgIpc) is 2.96. The Hall–Kier alpha value is -1.69. The van der Waals surface area contributed by atoms with Crippen molar-refractivity contribution in [2.24, 2.45) is 0 Å². The summed E-state index contributed by atoms with van der Waals surface area (Å²) in [7, 11) is 0. The van der Waals surface area contributed by atoms with E-state index in [9.17, 15) is 5.11 Å². The summed E-state index contributed by atoms with van der Waals surface area (Å²) >= 11 is 0. The third-order valence-corrected chi connectivity index (χ3v) is 2.76. The van der Waals surface area contributed by atoms with Crippen LogP contribution < -0.4 is 0 Å². The van der Waals surface area contributed by atoms with E-state index in [2.05, 4.69) is 15.2 Å². The minimum atomic E-state index is -0.591. The number of rotatable bonds is 5. The van der Waals surface area contributed by atoms with Crippen LogP contribution in [0.2, 0.25) is 0 Å². The fourth-order valence-corrected chi connectivity index (χ4v) is 1.88. The normalized spacial score (nSPS) is 12.9. The molecule has 1 atom stereocenters. The van der Waals surface area contributed by atoms with Crippen LogP contribution in [0, 0.1) is 0 Å². The lowest BCUT2D eigenvalue weighted by molar-refractivity contribution is 0.163. The minimum absolute atomic E-state index is 0.458. The number of aliphatic hydroxyl groups is 1. The largest absolute Gasteiger partial charge is 0.386 e. The van der Waals surface area contributed by atoms with Gasteiger partial charge in [-0.2, -0.15) is 10.2 Å². The van der Waals surface area contributed by atoms with E-state index >= 15 is 0 Å². The van der Waals surface area contributed by atoms with Crippen LogP contribution in [0.4, 0.5) is 0 Å². The third-order valence-electron chi connectivity index (χ3n) is 2.76. The zero-order chi connectivity index (χ0) is 12.3. The quantitative estimate of drug-likeness (QED) is 0.832. The predicted molar refractivity (Wildman–Crippen MR) is 62.3 cm³/mol. The Morgan fingerprint density at radius 2 is 2.00 bits per heavy atom. The van der Waals surface area contributed by atoms with Gasteiger partial charge in [0.1, 0.15) is 18.3 Å². The van der Waals surface area contributed by atoms with Gasteiger partial charge in [0.2, 0.25) is 0 Å². The van der Waals surface area contributed by atoms with Gasteiger partial charge in [0.15, 0.2) is 0 Å². The third kappa shape index (κ3) is 2.36. The highest BCUT2D eigenvalue weighted by Crippen LogP contribution is 2.16. The Bertz CT molecular complexity index is 476. The highest BCUT2D eigenvalue weighted by atomic mass is 16.3. The van der Waals surface area contributed by atoms with Crippen LogP contribution in [0.25, 0.3) is 0 Å². The first-order valence-corrected chi connectivity index (χ1v) is 5.82. The molecule has 2 aromatic heterocycles. The summed E-state index contributed by atoms with van der Waals surface area (Å²) < 4.78 is 3.58. The van der Waals surface area contributed by atoms with Crippen molar-refractivity contribution in [1.82, 2.24) is 24.5 Å². The molecule has 6 heteroatoms. The molecular weight excluding hydrogens is 218 g/mol. The number of nitrogens with zero attached hydrogens (tertiary/aromatic N) is 5. The van der Waals surface area contributed by atoms with Crippen LogP contribution in [0.1, 0.15) is 31.5 Å². The van der Waals surface area contributed by atoms with Crippen molar-refractivity contribution in [2.45, 2.75) is 39.5 Å². The maximum Gasteiger partial charge on any atom is 0.138 e. The topological polar surface area (TPSA) is 68.8 Å². The molecule has 17 heavy (non-hydrogen) atoms. The summed E-state index contributed by atoms with van der Waals surface area (Å²) in [6.07, 6.45) is 3.08. The lowest BCUT2D eigenvalue weighted by Gasteiger charge is -2.12. The second-order valence-electron chi connectivity index (χ2n) is 3.78. The zero-order valence-electron chi connectivity index (χ0n) is 10.1. The lowest BCUT2D eigenvalue weighted by Crippen LogP contribution is -2.13. The van der Waals surface area contributed by atoms with Gasteiger partial charge < -0.3 is 5.11 Å². The van der Waals surface area contributed by atoms with Crippen molar-refractivity contribution in [3.8, 4) is 0 Å². The van der Waals surface area contributed by atoms with Crippen LogP contribution in [0.5, 0.6) is 0 Å². The van der Waals surface area contributed by atoms with Crippen LogP contribution in [0.3, 0.4) is 0 Å². The summed E-state index contributed by atoms with van der Waals surface area (Å²) in [5.74, 6) is 0.795. The van der Waals surface area contributed by atoms with Gasteiger partial charge in [-0.05, 0) is 19.9 Å². The average molecular weight is 235 g/mol. The van der Waals surface area contributed by atoms with Gasteiger partial charge >= 0.3 is 0 Å². The van der Waals surface area contributed by atoms with E-state index in [4.69, 9.17) is 0 Å². The van der Waals surface area contributed by atoms with Gasteiger partial charge in [0, 0.05) is 25.7 Å². The molecule has 0 radical (unpaired) electrons. The molecule has 0 saturated heterocycles. The molecule has 0 aliphatic carbocycles. The molecule has 0 saturated carbocycles. The first-order chi connectivity index (χ1) is 8.26. The molecule has 0 aliphatic rings. The molecule has 6 nitrogen and oxygen atoms in total. The summed E-state index contributed by atoms with van der Waals surface area (Å²) in [5, 5.41) is 18.4. The predicted octanol–water partition coefficient (Wildman–Crippen LogP) is 0.790. The van der Waals surface area contributed by atoms with Gasteiger partial charge in [-0.3, -0.25) is 9.36 Å². The van der Waals surface area contributed by atoms with Crippen LogP contribution in [-0.4, -0.2) is 29.7 Å². The van der Waals surface area contributed by atoms with Gasteiger partial charge in [-0.25, -0.2) is 4.98 Å². The van der Waals surface area contributed by atoms with E-state index in [1.54, 1.807) is 15.6 Å². The highest BCUT2D eigenvalue weighted by molar-refractivity contribution is 5.07. The van der Waals surface area contributed by atoms with Crippen LogP contribution in [-0.2, 0) is 19.5 Å². The summed E-state index contributed by atoms with van der Waals surface area (Å²) in [6.45, 7) is 5.51. The van der Waals surface area contributed by atoms with Crippen molar-refractivity contribution < 1.29 is 5.11 Å². The lowest BCUT2D eigenvalue weighted by atomic mass is 10.2. The molecule has 92 valence electrons. The van der Waals surface area contributed by atoms with Crippen molar-refractivity contribution in [3.05, 3.63) is 30.1 Å². The molecule has 2 rings (SSSR count). The van der Waals surface area contributed by atoms with Crippen molar-refractivity contribution >= 4 is 0 Å². The summed E-state index contributed by atoms with van der Waals surface area (Å²) in [4.78, 5) is 4.15. The van der Waals surface area contributed by atoms with E-state index in [1.807, 2.05) is 19.9 Å². The van der Waals surface area contributed by atoms with Crippen LogP contribution in [0.15, 0.2) is 18.6 Å². The second-order valence-corrected chi connectivity index (χ2v) is 3.78. The van der Waals surface area contributed by atoms with Gasteiger partial charge in [0.05, 0.1) is 5.69 Å². The summed E-state index contributed by atoms with van der Waals surface area (Å²) in [5.41, 5.74) is 0.818. The molecule has 0 bridgehead atoms. The number of aromatic nitrogens is 5. The monoisotopic (exact) mass is 235 g/mol. The summed E-state index contributed by atoms with van der Waals surface area (Å²) in [6, 6.07) is 1.83. The van der Waals surface area contributed by atoms with Gasteiger partial charge in [0.25, 0.3) is 0 Å². The van der Waals surface area contributed by atoms with E-state index < -0.39 is 6.10 Å². The van der Waals surface area contributed by atoms with Gasteiger partial charge in [-0.15, -0.1) is 0 Å². The van der Waals surface area contributed by atoms with Crippen molar-refractivity contribution in [1.29, 1.82) is 0 Å². The molecule has 0 spiro atoms. The molecule has 1 unspecified atom stereocenters. The number of aliphatic hydroxyl groups excluding tert-OH is 1. The molecule has 2 aromatic rings. The van der Waals surface area contributed by atoms with Crippen molar-refractivity contribution in [2.75, 3.05) is 0 Å². The minimum Gasteiger partial charge on any atom is -0.386 e. The number of aryl methyl sites for hydroxylation is 2. The van der Waals surface area contributed by atoms with E-state index in [1.165, 1.54) is 6.33 Å². The molecule has 0 fully saturated rings. The Balaban J connectivity index is 2.14. The number of hydrogen-bond acceptors (Lipinski definition) is 4. The second kappa shape index (κ2) is 5.09. The molecular formula is C11H17N5O. The molecule has 0 aliphatic heterocycles. The smallest absolute Gasteiger partial charge is 0.138 e.